The lowest BCUT2D eigenvalue weighted by atomic mass is 9.80. The van der Waals surface area contributed by atoms with Crippen LogP contribution in [0, 0.1) is 30.9 Å². The summed E-state index contributed by atoms with van der Waals surface area (Å²) in [6.07, 6.45) is 1.15. The van der Waals surface area contributed by atoms with E-state index in [1.54, 1.807) is 30.4 Å². The van der Waals surface area contributed by atoms with Gasteiger partial charge in [-0.15, -0.1) is 11.3 Å². The summed E-state index contributed by atoms with van der Waals surface area (Å²) in [6.45, 7) is 5.85. The third-order valence-electron chi connectivity index (χ3n) is 6.72. The van der Waals surface area contributed by atoms with E-state index in [2.05, 4.69) is 42.7 Å². The highest BCUT2D eigenvalue weighted by Gasteiger charge is 2.37. The van der Waals surface area contributed by atoms with Crippen LogP contribution in [0.5, 0.6) is 0 Å². The molecule has 3 aromatic rings. The van der Waals surface area contributed by atoms with E-state index in [1.165, 1.54) is 4.88 Å². The van der Waals surface area contributed by atoms with Crippen molar-refractivity contribution in [3.05, 3.63) is 96.4 Å². The Bertz CT molecular complexity index is 1310. The summed E-state index contributed by atoms with van der Waals surface area (Å²) in [5, 5.41) is 20.8. The van der Waals surface area contributed by atoms with Crippen molar-refractivity contribution in [3.8, 4) is 0 Å². The van der Waals surface area contributed by atoms with Gasteiger partial charge in [-0.1, -0.05) is 18.2 Å². The Morgan fingerprint density at radius 2 is 1.76 bits per heavy atom. The number of fused-ring (bicyclic) bond motifs is 1. The van der Waals surface area contributed by atoms with Crippen molar-refractivity contribution in [2.75, 3.05) is 10.6 Å². The molecule has 0 fully saturated rings. The Morgan fingerprint density at radius 1 is 1.00 bits per heavy atom. The second kappa shape index (κ2) is 8.15. The van der Waals surface area contributed by atoms with Crippen molar-refractivity contribution in [2.24, 2.45) is 0 Å². The lowest BCUT2D eigenvalue weighted by Crippen LogP contribution is -2.26. The number of carbonyl (C=O) groups is 1. The van der Waals surface area contributed by atoms with Crippen molar-refractivity contribution >= 4 is 34.2 Å². The molecule has 2 aliphatic rings. The third-order valence-corrected chi connectivity index (χ3v) is 7.76. The molecule has 6 nitrogen and oxygen atoms in total. The minimum atomic E-state index is -0.466. The van der Waals surface area contributed by atoms with Crippen LogP contribution in [0.25, 0.3) is 0 Å². The molecular weight excluding hydrogens is 434 g/mol. The summed E-state index contributed by atoms with van der Waals surface area (Å²) in [5.74, 6) is 0.203. The molecule has 0 bridgehead atoms. The first kappa shape index (κ1) is 21.4. The van der Waals surface area contributed by atoms with E-state index in [-0.39, 0.29) is 22.3 Å². The van der Waals surface area contributed by atoms with Crippen LogP contribution in [-0.4, -0.2) is 10.7 Å². The van der Waals surface area contributed by atoms with Crippen LogP contribution < -0.4 is 10.6 Å². The van der Waals surface area contributed by atoms with Crippen LogP contribution in [-0.2, 0) is 4.79 Å². The molecule has 0 amide bonds. The summed E-state index contributed by atoms with van der Waals surface area (Å²) in [7, 11) is 0. The fraction of sp³-hybridized carbons (Fsp3) is 0.269. The number of Topliss-reactive ketones (excluding diaryl/α,β-unsaturated/α-hetero) is 1. The minimum Gasteiger partial charge on any atom is -0.372 e. The number of allylic oxidation sites excluding steroid dienone is 1. The SMILES string of the molecule is Cc1cc2c(cc1C)N[C@@H](c1ccc(C)c([N+](=O)[O-])c1)C1=C(C[C@H](c3cccs3)CC1=O)N2. The van der Waals surface area contributed by atoms with E-state index in [0.717, 1.165) is 40.2 Å². The second-order valence-corrected chi connectivity index (χ2v) is 9.90. The lowest BCUT2D eigenvalue weighted by molar-refractivity contribution is -0.385. The highest BCUT2D eigenvalue weighted by atomic mass is 32.1. The first-order valence-corrected chi connectivity index (χ1v) is 11.9. The molecule has 7 heteroatoms. The Kier molecular flexibility index (Phi) is 5.29. The number of nitrogens with zero attached hydrogens (tertiary/aromatic N) is 1. The van der Waals surface area contributed by atoms with Gasteiger partial charge in [0.15, 0.2) is 5.78 Å². The number of nitrogens with one attached hydrogen (secondary N) is 2. The first-order chi connectivity index (χ1) is 15.8. The number of carbonyl (C=O) groups excluding carboxylic acids is 1. The van der Waals surface area contributed by atoms with Crippen molar-refractivity contribution in [2.45, 2.75) is 45.6 Å². The molecule has 1 aliphatic carbocycles. The van der Waals surface area contributed by atoms with Gasteiger partial charge in [-0.05, 0) is 67.5 Å². The highest BCUT2D eigenvalue weighted by Crippen LogP contribution is 2.45. The van der Waals surface area contributed by atoms with Gasteiger partial charge in [0, 0.05) is 40.1 Å². The molecule has 0 saturated carbocycles. The number of hydrogen-bond acceptors (Lipinski definition) is 6. The summed E-state index contributed by atoms with van der Waals surface area (Å²) in [5.41, 5.74) is 7.06. The van der Waals surface area contributed by atoms with Crippen LogP contribution in [0.1, 0.15) is 51.9 Å². The monoisotopic (exact) mass is 459 g/mol. The number of hydrogen-bond donors (Lipinski definition) is 2. The van der Waals surface area contributed by atoms with Gasteiger partial charge in [-0.2, -0.15) is 0 Å². The summed E-state index contributed by atoms with van der Waals surface area (Å²) >= 11 is 1.68. The van der Waals surface area contributed by atoms with E-state index in [0.29, 0.717) is 17.6 Å². The number of rotatable bonds is 3. The Balaban J connectivity index is 1.67. The molecule has 0 radical (unpaired) electrons. The number of nitro benzene ring substituents is 1. The molecule has 0 spiro atoms. The molecule has 0 unspecified atom stereocenters. The number of nitro groups is 1. The Hall–Kier alpha value is -3.45. The molecular formula is C26H25N3O3S. The second-order valence-electron chi connectivity index (χ2n) is 8.92. The van der Waals surface area contributed by atoms with Gasteiger partial charge in [0.25, 0.3) is 5.69 Å². The smallest absolute Gasteiger partial charge is 0.272 e. The quantitative estimate of drug-likeness (QED) is 0.342. The number of thiophene rings is 1. The molecule has 33 heavy (non-hydrogen) atoms. The van der Waals surface area contributed by atoms with E-state index < -0.39 is 6.04 Å². The van der Waals surface area contributed by atoms with Gasteiger partial charge in [0.2, 0.25) is 0 Å². The van der Waals surface area contributed by atoms with Crippen LogP contribution in [0.2, 0.25) is 0 Å². The van der Waals surface area contributed by atoms with E-state index >= 15 is 0 Å². The van der Waals surface area contributed by atoms with Crippen molar-refractivity contribution < 1.29 is 9.72 Å². The maximum Gasteiger partial charge on any atom is 0.272 e. The fourth-order valence-electron chi connectivity index (χ4n) is 4.79. The van der Waals surface area contributed by atoms with Crippen LogP contribution in [0.3, 0.4) is 0 Å². The van der Waals surface area contributed by atoms with Crippen molar-refractivity contribution in [1.29, 1.82) is 0 Å². The molecule has 2 atom stereocenters. The summed E-state index contributed by atoms with van der Waals surface area (Å²) in [4.78, 5) is 26.0. The predicted molar refractivity (Wildman–Crippen MR) is 132 cm³/mol. The molecule has 5 rings (SSSR count). The molecule has 0 saturated heterocycles. The standard InChI is InChI=1S/C26H25N3O3S/c1-14-6-7-17(12-22(14)29(31)32)26-25-21(11-18(13-23(25)30)24-5-4-8-33-24)27-19-9-15(2)16(3)10-20(19)28-26/h4-10,12,18,26-28H,11,13H2,1-3H3/t18-,26-/m0/s1. The Morgan fingerprint density at radius 3 is 2.45 bits per heavy atom. The zero-order valence-corrected chi connectivity index (χ0v) is 19.6. The molecule has 168 valence electrons. The van der Waals surface area contributed by atoms with Crippen LogP contribution in [0.4, 0.5) is 17.1 Å². The number of benzene rings is 2. The zero-order chi connectivity index (χ0) is 23.3. The van der Waals surface area contributed by atoms with Gasteiger partial charge in [-0.3, -0.25) is 14.9 Å². The Labute approximate surface area is 196 Å². The predicted octanol–water partition coefficient (Wildman–Crippen LogP) is 6.56. The van der Waals surface area contributed by atoms with Crippen molar-refractivity contribution in [3.63, 3.8) is 0 Å². The van der Waals surface area contributed by atoms with Gasteiger partial charge in [-0.25, -0.2) is 0 Å². The summed E-state index contributed by atoms with van der Waals surface area (Å²) < 4.78 is 0. The molecule has 2 heterocycles. The maximum absolute atomic E-state index is 13.6. The van der Waals surface area contributed by atoms with Gasteiger partial charge < -0.3 is 10.6 Å². The summed E-state index contributed by atoms with van der Waals surface area (Å²) in [6, 6.07) is 13.1. The van der Waals surface area contributed by atoms with Gasteiger partial charge in [0.05, 0.1) is 22.3 Å². The lowest BCUT2D eigenvalue weighted by Gasteiger charge is -2.29. The zero-order valence-electron chi connectivity index (χ0n) is 18.8. The van der Waals surface area contributed by atoms with E-state index in [4.69, 9.17) is 0 Å². The number of anilines is 2. The first-order valence-electron chi connectivity index (χ1n) is 11.0. The average molecular weight is 460 g/mol. The minimum absolute atomic E-state index is 0.0636. The molecule has 2 aromatic carbocycles. The van der Waals surface area contributed by atoms with E-state index in [1.807, 2.05) is 17.5 Å². The third kappa shape index (κ3) is 3.82. The maximum atomic E-state index is 13.6. The van der Waals surface area contributed by atoms with Crippen LogP contribution >= 0.6 is 11.3 Å². The van der Waals surface area contributed by atoms with Gasteiger partial charge in [0.1, 0.15) is 0 Å². The van der Waals surface area contributed by atoms with Gasteiger partial charge >= 0.3 is 0 Å². The molecule has 2 N–H and O–H groups in total. The van der Waals surface area contributed by atoms with Crippen LogP contribution in [0.15, 0.2) is 59.1 Å². The average Bonchev–Trinajstić information content (AvgIpc) is 3.26. The number of ketones is 1. The van der Waals surface area contributed by atoms with Crippen molar-refractivity contribution in [1.82, 2.24) is 0 Å². The largest absolute Gasteiger partial charge is 0.372 e. The molecule has 1 aliphatic heterocycles. The molecule has 1 aromatic heterocycles. The normalized spacial score (nSPS) is 19.8. The number of aryl methyl sites for hydroxylation is 3. The fourth-order valence-corrected chi connectivity index (χ4v) is 5.62. The van der Waals surface area contributed by atoms with E-state index in [9.17, 15) is 14.9 Å². The topological polar surface area (TPSA) is 84.3 Å². The highest BCUT2D eigenvalue weighted by molar-refractivity contribution is 7.10.